The maximum atomic E-state index is 11.5. The van der Waals surface area contributed by atoms with E-state index in [4.69, 9.17) is 0 Å². The minimum Gasteiger partial charge on any atom is -0.469 e. The highest BCUT2D eigenvalue weighted by molar-refractivity contribution is 5.86. The summed E-state index contributed by atoms with van der Waals surface area (Å²) < 4.78 is 4.50. The summed E-state index contributed by atoms with van der Waals surface area (Å²) in [6.07, 6.45) is 10.8. The summed E-state index contributed by atoms with van der Waals surface area (Å²) in [4.78, 5) is 33.3. The first-order valence-corrected chi connectivity index (χ1v) is 8.84. The Morgan fingerprint density at radius 1 is 0.833 bits per heavy atom. The number of amides is 2. The van der Waals surface area contributed by atoms with E-state index in [0.717, 1.165) is 38.6 Å². The molecule has 0 aliphatic rings. The molecule has 2 N–H and O–H groups in total. The SMILES string of the molecule is C=CC(=O)NCCCCCCCCCCC(=O)NCCC(=O)OC. The molecule has 0 saturated carbocycles. The van der Waals surface area contributed by atoms with E-state index in [1.54, 1.807) is 0 Å². The van der Waals surface area contributed by atoms with Gasteiger partial charge in [0.2, 0.25) is 11.8 Å². The van der Waals surface area contributed by atoms with Gasteiger partial charge in [-0.1, -0.05) is 45.1 Å². The number of carbonyl (C=O) groups is 3. The molecule has 2 amide bonds. The van der Waals surface area contributed by atoms with Gasteiger partial charge in [-0.25, -0.2) is 0 Å². The number of carbonyl (C=O) groups excluding carboxylic acids is 3. The predicted molar refractivity (Wildman–Crippen MR) is 94.4 cm³/mol. The molecule has 0 atom stereocenters. The van der Waals surface area contributed by atoms with Gasteiger partial charge in [0.05, 0.1) is 13.5 Å². The molecule has 0 radical (unpaired) electrons. The lowest BCUT2D eigenvalue weighted by molar-refractivity contribution is -0.140. The molecule has 0 aromatic carbocycles. The highest BCUT2D eigenvalue weighted by Gasteiger charge is 2.03. The molecule has 0 spiro atoms. The quantitative estimate of drug-likeness (QED) is 0.272. The summed E-state index contributed by atoms with van der Waals surface area (Å²) in [5, 5.41) is 5.48. The van der Waals surface area contributed by atoms with E-state index in [9.17, 15) is 14.4 Å². The molecule has 0 fully saturated rings. The van der Waals surface area contributed by atoms with Gasteiger partial charge in [-0.05, 0) is 18.9 Å². The van der Waals surface area contributed by atoms with Crippen LogP contribution in [0.3, 0.4) is 0 Å². The molecule has 0 bridgehead atoms. The van der Waals surface area contributed by atoms with Gasteiger partial charge in [0, 0.05) is 19.5 Å². The van der Waals surface area contributed by atoms with E-state index in [2.05, 4.69) is 21.9 Å². The number of methoxy groups -OCH3 is 1. The van der Waals surface area contributed by atoms with Crippen molar-refractivity contribution in [1.82, 2.24) is 10.6 Å². The monoisotopic (exact) mass is 340 g/mol. The topological polar surface area (TPSA) is 84.5 Å². The summed E-state index contributed by atoms with van der Waals surface area (Å²) in [5.41, 5.74) is 0. The van der Waals surface area contributed by atoms with Crippen LogP contribution in [0.1, 0.15) is 64.2 Å². The predicted octanol–water partition coefficient (Wildman–Crippen LogP) is 2.48. The van der Waals surface area contributed by atoms with Gasteiger partial charge in [0.1, 0.15) is 0 Å². The van der Waals surface area contributed by atoms with Crippen LogP contribution in [-0.4, -0.2) is 38.0 Å². The van der Waals surface area contributed by atoms with Gasteiger partial charge in [0.15, 0.2) is 0 Å². The number of rotatable bonds is 15. The van der Waals surface area contributed by atoms with Crippen molar-refractivity contribution in [3.05, 3.63) is 12.7 Å². The van der Waals surface area contributed by atoms with E-state index in [1.165, 1.54) is 32.4 Å². The highest BCUT2D eigenvalue weighted by Crippen LogP contribution is 2.09. The molecule has 0 rings (SSSR count). The standard InChI is InChI=1S/C18H32N2O4/c1-3-16(21)19-14-11-9-7-5-4-6-8-10-12-17(22)20-15-13-18(23)24-2/h3H,1,4-15H2,2H3,(H,19,21)(H,20,22). The number of esters is 1. The first kappa shape index (κ1) is 22.1. The summed E-state index contributed by atoms with van der Waals surface area (Å²) in [5.74, 6) is -0.414. The Morgan fingerprint density at radius 3 is 2.00 bits per heavy atom. The van der Waals surface area contributed by atoms with Crippen LogP contribution in [0.4, 0.5) is 0 Å². The van der Waals surface area contributed by atoms with Gasteiger partial charge in [-0.2, -0.15) is 0 Å². The van der Waals surface area contributed by atoms with E-state index in [1.807, 2.05) is 0 Å². The minimum atomic E-state index is -0.307. The average molecular weight is 340 g/mol. The van der Waals surface area contributed by atoms with Crippen molar-refractivity contribution in [2.75, 3.05) is 20.2 Å². The zero-order valence-electron chi connectivity index (χ0n) is 14.9. The molecular formula is C18H32N2O4. The average Bonchev–Trinajstić information content (AvgIpc) is 2.59. The fraction of sp³-hybridized carbons (Fsp3) is 0.722. The molecule has 138 valence electrons. The Morgan fingerprint density at radius 2 is 1.42 bits per heavy atom. The summed E-state index contributed by atoms with van der Waals surface area (Å²) >= 11 is 0. The molecule has 0 aliphatic heterocycles. The zero-order chi connectivity index (χ0) is 18.0. The van der Waals surface area contributed by atoms with Gasteiger partial charge in [-0.15, -0.1) is 0 Å². The molecule has 0 saturated heterocycles. The summed E-state index contributed by atoms with van der Waals surface area (Å²) in [6.45, 7) is 4.47. The lowest BCUT2D eigenvalue weighted by Gasteiger charge is -2.05. The second kappa shape index (κ2) is 16.0. The third-order valence-electron chi connectivity index (χ3n) is 3.69. The van der Waals surface area contributed by atoms with E-state index >= 15 is 0 Å². The smallest absolute Gasteiger partial charge is 0.307 e. The van der Waals surface area contributed by atoms with Crippen molar-refractivity contribution in [2.45, 2.75) is 64.2 Å². The lowest BCUT2D eigenvalue weighted by atomic mass is 10.1. The number of nitrogens with one attached hydrogen (secondary N) is 2. The van der Waals surface area contributed by atoms with E-state index < -0.39 is 0 Å². The first-order valence-electron chi connectivity index (χ1n) is 8.84. The van der Waals surface area contributed by atoms with E-state index in [-0.39, 0.29) is 24.2 Å². The fourth-order valence-electron chi connectivity index (χ4n) is 2.25. The van der Waals surface area contributed by atoms with E-state index in [0.29, 0.717) is 13.0 Å². The van der Waals surface area contributed by atoms with Crippen LogP contribution in [0, 0.1) is 0 Å². The molecule has 0 unspecified atom stereocenters. The maximum absolute atomic E-state index is 11.5. The van der Waals surface area contributed by atoms with Crippen molar-refractivity contribution >= 4 is 17.8 Å². The fourth-order valence-corrected chi connectivity index (χ4v) is 2.25. The van der Waals surface area contributed by atoms with Crippen molar-refractivity contribution in [3.8, 4) is 0 Å². The third kappa shape index (κ3) is 15.1. The van der Waals surface area contributed by atoms with Gasteiger partial charge >= 0.3 is 5.97 Å². The molecule has 6 heteroatoms. The second-order valence-electron chi connectivity index (χ2n) is 5.75. The van der Waals surface area contributed by atoms with Crippen LogP contribution in [-0.2, 0) is 19.1 Å². The van der Waals surface area contributed by atoms with Crippen LogP contribution in [0.5, 0.6) is 0 Å². The van der Waals surface area contributed by atoms with Crippen molar-refractivity contribution in [2.24, 2.45) is 0 Å². The molecule has 0 aromatic heterocycles. The van der Waals surface area contributed by atoms with Gasteiger partial charge < -0.3 is 15.4 Å². The van der Waals surface area contributed by atoms with Crippen molar-refractivity contribution in [3.63, 3.8) is 0 Å². The molecule has 24 heavy (non-hydrogen) atoms. The lowest BCUT2D eigenvalue weighted by Crippen LogP contribution is -2.25. The minimum absolute atomic E-state index is 0.000439. The molecule has 0 aliphatic carbocycles. The van der Waals surface area contributed by atoms with Crippen molar-refractivity contribution in [1.29, 1.82) is 0 Å². The third-order valence-corrected chi connectivity index (χ3v) is 3.69. The number of hydrogen-bond acceptors (Lipinski definition) is 4. The summed E-state index contributed by atoms with van der Waals surface area (Å²) in [7, 11) is 1.34. The van der Waals surface area contributed by atoms with Crippen LogP contribution in [0.2, 0.25) is 0 Å². The van der Waals surface area contributed by atoms with Crippen LogP contribution >= 0.6 is 0 Å². The Kier molecular flexibility index (Phi) is 14.8. The second-order valence-corrected chi connectivity index (χ2v) is 5.75. The number of hydrogen-bond donors (Lipinski definition) is 2. The normalized spacial score (nSPS) is 10.0. The molecule has 0 aromatic rings. The Hall–Kier alpha value is -1.85. The Balaban J connectivity index is 3.24. The first-order chi connectivity index (χ1) is 11.6. The van der Waals surface area contributed by atoms with Crippen LogP contribution in [0.25, 0.3) is 0 Å². The zero-order valence-corrected chi connectivity index (χ0v) is 14.9. The van der Waals surface area contributed by atoms with Crippen LogP contribution < -0.4 is 10.6 Å². The Labute approximate surface area is 145 Å². The molecule has 0 heterocycles. The molecular weight excluding hydrogens is 308 g/mol. The maximum Gasteiger partial charge on any atom is 0.307 e. The van der Waals surface area contributed by atoms with Gasteiger partial charge in [-0.3, -0.25) is 14.4 Å². The summed E-state index contributed by atoms with van der Waals surface area (Å²) in [6, 6.07) is 0. The van der Waals surface area contributed by atoms with Crippen LogP contribution in [0.15, 0.2) is 12.7 Å². The molecule has 6 nitrogen and oxygen atoms in total. The number of ether oxygens (including phenoxy) is 1. The highest BCUT2D eigenvalue weighted by atomic mass is 16.5. The number of unbranched alkanes of at least 4 members (excludes halogenated alkanes) is 7. The largest absolute Gasteiger partial charge is 0.469 e. The Bertz CT molecular complexity index is 383. The van der Waals surface area contributed by atoms with Gasteiger partial charge in [0.25, 0.3) is 0 Å². The van der Waals surface area contributed by atoms with Crippen molar-refractivity contribution < 1.29 is 19.1 Å².